The number of aryl methyl sites for hydroxylation is 2. The highest BCUT2D eigenvalue weighted by Gasteiger charge is 2.13. The van der Waals surface area contributed by atoms with Crippen LogP contribution in [0.3, 0.4) is 0 Å². The van der Waals surface area contributed by atoms with Crippen LogP contribution in [0, 0.1) is 13.8 Å². The number of sulfone groups is 1. The molecule has 0 aliphatic carbocycles. The van der Waals surface area contributed by atoms with E-state index in [4.69, 9.17) is 5.84 Å². The highest BCUT2D eigenvalue weighted by atomic mass is 79.9. The molecule has 1 aromatic carbocycles. The molecule has 0 aromatic heterocycles. The summed E-state index contributed by atoms with van der Waals surface area (Å²) in [5.74, 6) is 5.78. The third-order valence-electron chi connectivity index (χ3n) is 3.07. The summed E-state index contributed by atoms with van der Waals surface area (Å²) in [6.45, 7) is 4.06. The van der Waals surface area contributed by atoms with E-state index in [0.717, 1.165) is 21.2 Å². The van der Waals surface area contributed by atoms with Gasteiger partial charge in [0, 0.05) is 22.5 Å². The molecular formula is C13H21BrN2O2S. The van der Waals surface area contributed by atoms with Gasteiger partial charge in [0.15, 0.2) is 0 Å². The molecule has 1 unspecified atom stereocenters. The van der Waals surface area contributed by atoms with Crippen LogP contribution in [0.1, 0.15) is 35.6 Å². The summed E-state index contributed by atoms with van der Waals surface area (Å²) in [4.78, 5) is 0. The van der Waals surface area contributed by atoms with Crippen LogP contribution in [0.5, 0.6) is 0 Å². The number of halogens is 1. The van der Waals surface area contributed by atoms with Crippen molar-refractivity contribution in [2.75, 3.05) is 12.0 Å². The summed E-state index contributed by atoms with van der Waals surface area (Å²) >= 11 is 3.53. The topological polar surface area (TPSA) is 72.2 Å². The van der Waals surface area contributed by atoms with Crippen molar-refractivity contribution >= 4 is 25.8 Å². The molecule has 0 bridgehead atoms. The molecule has 0 radical (unpaired) electrons. The molecule has 0 amide bonds. The Morgan fingerprint density at radius 1 is 1.32 bits per heavy atom. The molecule has 19 heavy (non-hydrogen) atoms. The predicted octanol–water partition coefficient (Wildman–Crippen LogP) is 2.40. The van der Waals surface area contributed by atoms with Gasteiger partial charge < -0.3 is 0 Å². The molecule has 1 aromatic rings. The van der Waals surface area contributed by atoms with Gasteiger partial charge in [-0.2, -0.15) is 0 Å². The van der Waals surface area contributed by atoms with Crippen molar-refractivity contribution in [2.45, 2.75) is 32.7 Å². The van der Waals surface area contributed by atoms with Crippen molar-refractivity contribution in [2.24, 2.45) is 5.84 Å². The van der Waals surface area contributed by atoms with E-state index in [-0.39, 0.29) is 11.8 Å². The number of nitrogens with two attached hydrogens (primary N) is 1. The van der Waals surface area contributed by atoms with Gasteiger partial charge in [0.25, 0.3) is 0 Å². The van der Waals surface area contributed by atoms with Crippen molar-refractivity contribution < 1.29 is 8.42 Å². The van der Waals surface area contributed by atoms with Gasteiger partial charge in [-0.1, -0.05) is 28.1 Å². The van der Waals surface area contributed by atoms with Crippen LogP contribution in [0.15, 0.2) is 16.6 Å². The van der Waals surface area contributed by atoms with Crippen LogP contribution in [0.25, 0.3) is 0 Å². The van der Waals surface area contributed by atoms with Crippen LogP contribution >= 0.6 is 15.9 Å². The second-order valence-electron chi connectivity index (χ2n) is 4.96. The Hall–Kier alpha value is -0.430. The Morgan fingerprint density at radius 3 is 2.26 bits per heavy atom. The fourth-order valence-corrected chi connectivity index (χ4v) is 3.00. The predicted molar refractivity (Wildman–Crippen MR) is 82.6 cm³/mol. The maximum atomic E-state index is 11.1. The Labute approximate surface area is 123 Å². The van der Waals surface area contributed by atoms with Gasteiger partial charge in [-0.15, -0.1) is 0 Å². The van der Waals surface area contributed by atoms with Crippen LogP contribution in [-0.4, -0.2) is 20.4 Å². The largest absolute Gasteiger partial charge is 0.271 e. The number of rotatable bonds is 6. The lowest BCUT2D eigenvalue weighted by Crippen LogP contribution is -2.28. The molecule has 108 valence electrons. The smallest absolute Gasteiger partial charge is 0.147 e. The fourth-order valence-electron chi connectivity index (χ4n) is 2.08. The SMILES string of the molecule is Cc1cc(C(CCCS(C)(=O)=O)NN)cc(C)c1Br. The molecule has 0 fully saturated rings. The number of hydrazine groups is 1. The first-order valence-corrected chi connectivity index (χ1v) is 9.00. The normalized spacial score (nSPS) is 13.5. The minimum Gasteiger partial charge on any atom is -0.271 e. The van der Waals surface area contributed by atoms with Gasteiger partial charge in [-0.3, -0.25) is 11.3 Å². The summed E-state index contributed by atoms with van der Waals surface area (Å²) < 4.78 is 23.4. The van der Waals surface area contributed by atoms with Gasteiger partial charge in [0.1, 0.15) is 9.84 Å². The lowest BCUT2D eigenvalue weighted by Gasteiger charge is -2.18. The monoisotopic (exact) mass is 348 g/mol. The minimum absolute atomic E-state index is 0.0211. The summed E-state index contributed by atoms with van der Waals surface area (Å²) in [5, 5.41) is 0. The molecule has 0 spiro atoms. The molecule has 0 aliphatic heterocycles. The van der Waals surface area contributed by atoms with Crippen molar-refractivity contribution in [3.8, 4) is 0 Å². The Morgan fingerprint density at radius 2 is 1.84 bits per heavy atom. The van der Waals surface area contributed by atoms with E-state index in [2.05, 4.69) is 33.5 Å². The molecule has 3 N–H and O–H groups in total. The van der Waals surface area contributed by atoms with Crippen molar-refractivity contribution in [1.82, 2.24) is 5.43 Å². The third kappa shape index (κ3) is 5.22. The zero-order valence-corrected chi connectivity index (χ0v) is 13.9. The molecule has 0 saturated heterocycles. The molecule has 0 heterocycles. The van der Waals surface area contributed by atoms with E-state index in [1.807, 2.05) is 13.8 Å². The number of nitrogens with one attached hydrogen (secondary N) is 1. The third-order valence-corrected chi connectivity index (χ3v) is 5.35. The van der Waals surface area contributed by atoms with Gasteiger partial charge in [0.05, 0.1) is 0 Å². The lowest BCUT2D eigenvalue weighted by molar-refractivity contribution is 0.507. The second-order valence-corrected chi connectivity index (χ2v) is 8.01. The minimum atomic E-state index is -2.91. The first-order chi connectivity index (χ1) is 8.74. The first kappa shape index (κ1) is 16.6. The standard InChI is InChI=1S/C13H21BrN2O2S/c1-9-7-11(8-10(2)13(9)14)12(16-15)5-4-6-19(3,17)18/h7-8,12,16H,4-6,15H2,1-3H3. The average molecular weight is 349 g/mol. The highest BCUT2D eigenvalue weighted by Crippen LogP contribution is 2.27. The maximum Gasteiger partial charge on any atom is 0.147 e. The summed E-state index contributed by atoms with van der Waals surface area (Å²) in [6, 6.07) is 4.12. The zero-order chi connectivity index (χ0) is 14.6. The zero-order valence-electron chi connectivity index (χ0n) is 11.5. The number of benzene rings is 1. The lowest BCUT2D eigenvalue weighted by atomic mass is 9.99. The molecule has 1 atom stereocenters. The van der Waals surface area contributed by atoms with E-state index in [1.165, 1.54) is 6.26 Å². The quantitative estimate of drug-likeness (QED) is 0.611. The molecule has 6 heteroatoms. The Kier molecular flexibility index (Phi) is 5.98. The molecule has 0 aliphatic rings. The highest BCUT2D eigenvalue weighted by molar-refractivity contribution is 9.10. The molecule has 1 rings (SSSR count). The van der Waals surface area contributed by atoms with Gasteiger partial charge in [0.2, 0.25) is 0 Å². The summed E-state index contributed by atoms with van der Waals surface area (Å²) in [7, 11) is -2.91. The van der Waals surface area contributed by atoms with E-state index < -0.39 is 9.84 Å². The fraction of sp³-hybridized carbons (Fsp3) is 0.538. The second kappa shape index (κ2) is 6.83. The van der Waals surface area contributed by atoms with Gasteiger partial charge in [-0.05, 0) is 43.4 Å². The van der Waals surface area contributed by atoms with Gasteiger partial charge in [-0.25, -0.2) is 8.42 Å². The van der Waals surface area contributed by atoms with Crippen molar-refractivity contribution in [1.29, 1.82) is 0 Å². The molecular weight excluding hydrogens is 328 g/mol. The van der Waals surface area contributed by atoms with E-state index in [9.17, 15) is 8.42 Å². The van der Waals surface area contributed by atoms with Crippen LogP contribution < -0.4 is 11.3 Å². The van der Waals surface area contributed by atoms with Gasteiger partial charge >= 0.3 is 0 Å². The van der Waals surface area contributed by atoms with Crippen LogP contribution in [0.2, 0.25) is 0 Å². The average Bonchev–Trinajstić information content (AvgIpc) is 2.29. The van der Waals surface area contributed by atoms with Crippen molar-refractivity contribution in [3.63, 3.8) is 0 Å². The van der Waals surface area contributed by atoms with E-state index >= 15 is 0 Å². The number of hydrogen-bond donors (Lipinski definition) is 2. The van der Waals surface area contributed by atoms with Crippen molar-refractivity contribution in [3.05, 3.63) is 33.3 Å². The summed E-state index contributed by atoms with van der Waals surface area (Å²) in [5.41, 5.74) is 6.16. The maximum absolute atomic E-state index is 11.1. The first-order valence-electron chi connectivity index (χ1n) is 6.15. The van der Waals surface area contributed by atoms with Crippen LogP contribution in [-0.2, 0) is 9.84 Å². The Balaban J connectivity index is 2.80. The number of hydrogen-bond acceptors (Lipinski definition) is 4. The Bertz CT molecular complexity index is 521. The molecule has 4 nitrogen and oxygen atoms in total. The summed E-state index contributed by atoms with van der Waals surface area (Å²) in [6.07, 6.45) is 2.55. The van der Waals surface area contributed by atoms with E-state index in [1.54, 1.807) is 0 Å². The van der Waals surface area contributed by atoms with E-state index in [0.29, 0.717) is 12.8 Å². The van der Waals surface area contributed by atoms with Crippen LogP contribution in [0.4, 0.5) is 0 Å². The molecule has 0 saturated carbocycles.